The average molecular weight is 525 g/mol. The second-order valence-corrected chi connectivity index (χ2v) is 12.2. The number of aromatic nitrogens is 1. The van der Waals surface area contributed by atoms with Crippen LogP contribution in [0.1, 0.15) is 72.8 Å². The van der Waals surface area contributed by atoms with Gasteiger partial charge in [0.2, 0.25) is 0 Å². The zero-order chi connectivity index (χ0) is 26.2. The van der Waals surface area contributed by atoms with Gasteiger partial charge in [0.1, 0.15) is 4.88 Å². The van der Waals surface area contributed by atoms with Crippen molar-refractivity contribution in [2.75, 3.05) is 13.1 Å². The van der Waals surface area contributed by atoms with E-state index < -0.39 is 5.97 Å². The van der Waals surface area contributed by atoms with Crippen molar-refractivity contribution in [3.8, 4) is 10.4 Å². The summed E-state index contributed by atoms with van der Waals surface area (Å²) in [7, 11) is 0. The van der Waals surface area contributed by atoms with Crippen molar-refractivity contribution >= 4 is 33.8 Å². The van der Waals surface area contributed by atoms with Gasteiger partial charge in [0.25, 0.3) is 0 Å². The first kappa shape index (κ1) is 25.1. The fraction of sp³-hybridized carbons (Fsp3) is 0.364. The minimum absolute atomic E-state index is 0.284. The number of nitrogens with zero attached hydrogens (tertiary/aromatic N) is 1. The third kappa shape index (κ3) is 4.74. The van der Waals surface area contributed by atoms with E-state index in [2.05, 4.69) is 72.4 Å². The van der Waals surface area contributed by atoms with Gasteiger partial charge in [-0.15, -0.1) is 11.3 Å². The minimum atomic E-state index is -0.814. The predicted molar refractivity (Wildman–Crippen MR) is 158 cm³/mol. The summed E-state index contributed by atoms with van der Waals surface area (Å²) in [6.45, 7) is 6.52. The molecule has 2 aromatic carbocycles. The molecule has 0 amide bonds. The molecule has 5 heteroatoms. The van der Waals surface area contributed by atoms with Crippen LogP contribution >= 0.6 is 11.3 Å². The molecule has 0 bridgehead atoms. The monoisotopic (exact) mass is 524 g/mol. The number of carbonyl (C=O) groups is 1. The number of benzene rings is 2. The van der Waals surface area contributed by atoms with Crippen LogP contribution in [0.25, 0.3) is 26.9 Å². The van der Waals surface area contributed by atoms with Gasteiger partial charge in [-0.05, 0) is 72.4 Å². The molecule has 0 spiro atoms. The number of rotatable bonds is 6. The highest BCUT2D eigenvalue weighted by molar-refractivity contribution is 7.17. The van der Waals surface area contributed by atoms with Crippen LogP contribution in [0.2, 0.25) is 0 Å². The molecule has 1 fully saturated rings. The van der Waals surface area contributed by atoms with Gasteiger partial charge in [0.15, 0.2) is 0 Å². The molecule has 0 saturated heterocycles. The third-order valence-corrected chi connectivity index (χ3v) is 10.0. The second kappa shape index (κ2) is 10.5. The molecule has 196 valence electrons. The van der Waals surface area contributed by atoms with Gasteiger partial charge in [-0.1, -0.05) is 68.3 Å². The summed E-state index contributed by atoms with van der Waals surface area (Å²) in [5.41, 5.74) is 7.34. The fourth-order valence-corrected chi connectivity index (χ4v) is 7.62. The Labute approximate surface area is 229 Å². The van der Waals surface area contributed by atoms with E-state index in [1.807, 2.05) is 18.2 Å². The molecular weight excluding hydrogens is 488 g/mol. The Morgan fingerprint density at radius 2 is 1.79 bits per heavy atom. The molecule has 4 aromatic rings. The Hall–Kier alpha value is -3.15. The van der Waals surface area contributed by atoms with Crippen molar-refractivity contribution < 1.29 is 9.90 Å². The molecule has 2 N–H and O–H groups in total. The number of aromatic carboxylic acids is 1. The topological polar surface area (TPSA) is 56.3 Å². The van der Waals surface area contributed by atoms with Crippen LogP contribution in [0.4, 0.5) is 0 Å². The van der Waals surface area contributed by atoms with Gasteiger partial charge in [-0.3, -0.25) is 4.90 Å². The van der Waals surface area contributed by atoms with Crippen LogP contribution in [0.15, 0.2) is 72.4 Å². The number of fused-ring (bicyclic) bond motifs is 1. The van der Waals surface area contributed by atoms with E-state index in [-0.39, 0.29) is 6.04 Å². The van der Waals surface area contributed by atoms with Crippen molar-refractivity contribution in [1.29, 1.82) is 0 Å². The first-order valence-corrected chi connectivity index (χ1v) is 14.8. The molecule has 0 radical (unpaired) electrons. The van der Waals surface area contributed by atoms with Crippen LogP contribution in [-0.2, 0) is 0 Å². The summed E-state index contributed by atoms with van der Waals surface area (Å²) in [5.74, 6) is 0.493. The maximum Gasteiger partial charge on any atom is 0.346 e. The number of hydrogen-bond donors (Lipinski definition) is 2. The number of thiophene rings is 1. The van der Waals surface area contributed by atoms with Crippen LogP contribution < -0.4 is 0 Å². The Bertz CT molecular complexity index is 1470. The molecule has 2 aromatic heterocycles. The Morgan fingerprint density at radius 3 is 2.55 bits per heavy atom. The fourth-order valence-electron chi connectivity index (χ4n) is 6.59. The lowest BCUT2D eigenvalue weighted by Crippen LogP contribution is -2.36. The summed E-state index contributed by atoms with van der Waals surface area (Å²) in [5, 5.41) is 11.5. The number of aromatic amines is 1. The lowest BCUT2D eigenvalue weighted by molar-refractivity contribution is 0.0701. The van der Waals surface area contributed by atoms with Crippen LogP contribution in [0.3, 0.4) is 0 Å². The van der Waals surface area contributed by atoms with E-state index in [9.17, 15) is 9.90 Å². The summed E-state index contributed by atoms with van der Waals surface area (Å²) in [6, 6.07) is 21.2. The molecule has 1 aliphatic carbocycles. The summed E-state index contributed by atoms with van der Waals surface area (Å²) in [4.78, 5) is 20.1. The highest BCUT2D eigenvalue weighted by atomic mass is 32.1. The van der Waals surface area contributed by atoms with E-state index in [1.54, 1.807) is 0 Å². The van der Waals surface area contributed by atoms with Crippen molar-refractivity contribution in [1.82, 2.24) is 9.88 Å². The number of carboxylic acids is 1. The third-order valence-electron chi connectivity index (χ3n) is 8.85. The molecule has 6 rings (SSSR count). The minimum Gasteiger partial charge on any atom is -0.477 e. The zero-order valence-electron chi connectivity index (χ0n) is 22.2. The van der Waals surface area contributed by atoms with E-state index in [0.29, 0.717) is 10.8 Å². The quantitative estimate of drug-likeness (QED) is 0.265. The Balaban J connectivity index is 1.40. The maximum atomic E-state index is 12.5. The largest absolute Gasteiger partial charge is 0.477 e. The number of para-hydroxylation sites is 1. The molecular formula is C33H36N2O2S. The first-order valence-electron chi connectivity index (χ1n) is 13.9. The Morgan fingerprint density at radius 1 is 1.05 bits per heavy atom. The standard InChI is InChI=1S/C33H36N2O2S/c1-21-12-14-23(15-13-21)29-20-35(22(2)28-19-34-30-11-7-6-10-26(28)30)17-16-25(29)27-18-31(38-32(27)33(36)37)24-8-4-3-5-9-24/h3-11,18-19,21-23,34H,12-17,20H2,1-2H3,(H,36,37). The molecule has 1 atom stereocenters. The molecule has 1 unspecified atom stereocenters. The highest BCUT2D eigenvalue weighted by Crippen LogP contribution is 2.45. The van der Waals surface area contributed by atoms with Crippen molar-refractivity contribution in [2.24, 2.45) is 11.8 Å². The van der Waals surface area contributed by atoms with Gasteiger partial charge >= 0.3 is 5.97 Å². The highest BCUT2D eigenvalue weighted by Gasteiger charge is 2.33. The number of nitrogens with one attached hydrogen (secondary N) is 1. The van der Waals surface area contributed by atoms with Crippen LogP contribution in [0, 0.1) is 11.8 Å². The summed E-state index contributed by atoms with van der Waals surface area (Å²) >= 11 is 1.42. The maximum absolute atomic E-state index is 12.5. The van der Waals surface area contributed by atoms with E-state index in [0.717, 1.165) is 41.4 Å². The molecule has 1 saturated carbocycles. The molecule has 1 aliphatic heterocycles. The summed E-state index contributed by atoms with van der Waals surface area (Å²) in [6.07, 6.45) is 7.97. The number of carboxylic acid groups (broad SMARTS) is 1. The molecule has 38 heavy (non-hydrogen) atoms. The van der Waals surface area contributed by atoms with Crippen LogP contribution in [0.5, 0.6) is 0 Å². The van der Waals surface area contributed by atoms with E-state index in [1.165, 1.54) is 64.6 Å². The second-order valence-electron chi connectivity index (χ2n) is 11.2. The number of H-pyrrole nitrogens is 1. The van der Waals surface area contributed by atoms with Gasteiger partial charge in [0, 0.05) is 46.7 Å². The lowest BCUT2D eigenvalue weighted by atomic mass is 9.75. The van der Waals surface area contributed by atoms with Gasteiger partial charge in [0.05, 0.1) is 0 Å². The SMILES string of the molecule is CC1CCC(C2=C(c3cc(-c4ccccc4)sc3C(=O)O)CCN(C(C)c3c[nH]c4ccccc34)C2)CC1. The van der Waals surface area contributed by atoms with Crippen molar-refractivity contribution in [3.63, 3.8) is 0 Å². The smallest absolute Gasteiger partial charge is 0.346 e. The molecule has 4 nitrogen and oxygen atoms in total. The first-order chi connectivity index (χ1) is 18.5. The average Bonchev–Trinajstić information content (AvgIpc) is 3.59. The number of hydrogen-bond acceptors (Lipinski definition) is 3. The predicted octanol–water partition coefficient (Wildman–Crippen LogP) is 8.64. The van der Waals surface area contributed by atoms with Gasteiger partial charge in [-0.25, -0.2) is 4.79 Å². The normalized spacial score (nSPS) is 21.6. The Kier molecular flexibility index (Phi) is 6.98. The summed E-state index contributed by atoms with van der Waals surface area (Å²) < 4.78 is 0. The zero-order valence-corrected chi connectivity index (χ0v) is 23.1. The van der Waals surface area contributed by atoms with E-state index >= 15 is 0 Å². The van der Waals surface area contributed by atoms with Crippen molar-refractivity contribution in [3.05, 3.63) is 88.4 Å². The van der Waals surface area contributed by atoms with E-state index in [4.69, 9.17) is 0 Å². The van der Waals surface area contributed by atoms with Crippen molar-refractivity contribution in [2.45, 2.75) is 52.0 Å². The lowest BCUT2D eigenvalue weighted by Gasteiger charge is -2.39. The van der Waals surface area contributed by atoms with Gasteiger partial charge in [-0.2, -0.15) is 0 Å². The molecule has 2 aliphatic rings. The van der Waals surface area contributed by atoms with Gasteiger partial charge < -0.3 is 10.1 Å². The molecule has 3 heterocycles. The van der Waals surface area contributed by atoms with Crippen LogP contribution in [-0.4, -0.2) is 34.0 Å².